The van der Waals surface area contributed by atoms with Gasteiger partial charge in [0.2, 0.25) is 0 Å². The fourth-order valence-electron chi connectivity index (χ4n) is 2.08. The highest BCUT2D eigenvalue weighted by atomic mass is 79.9. The molecule has 1 amide bonds. The molecule has 1 aromatic carbocycles. The van der Waals surface area contributed by atoms with Gasteiger partial charge in [0.1, 0.15) is 0 Å². The molecule has 0 aliphatic carbocycles. The van der Waals surface area contributed by atoms with Crippen LogP contribution in [0.3, 0.4) is 0 Å². The second kappa shape index (κ2) is 8.47. The normalized spacial score (nSPS) is 11.7. The van der Waals surface area contributed by atoms with E-state index >= 15 is 0 Å². The second-order valence-corrected chi connectivity index (χ2v) is 6.14. The first-order valence-electron chi connectivity index (χ1n) is 7.21. The van der Waals surface area contributed by atoms with Crippen LogP contribution >= 0.6 is 28.3 Å². The average Bonchev–Trinajstić information content (AvgIpc) is 2.80. The Balaban J connectivity index is 0.00000264. The highest BCUT2D eigenvalue weighted by molar-refractivity contribution is 9.10. The molecule has 0 saturated heterocycles. The molecule has 1 atom stereocenters. The van der Waals surface area contributed by atoms with Crippen molar-refractivity contribution in [3.8, 4) is 5.69 Å². The summed E-state index contributed by atoms with van der Waals surface area (Å²) in [5.74, 6) is -0.0665. The van der Waals surface area contributed by atoms with E-state index in [2.05, 4.69) is 31.7 Å². The summed E-state index contributed by atoms with van der Waals surface area (Å²) < 4.78 is 2.87. The molecule has 0 aliphatic rings. The van der Waals surface area contributed by atoms with Gasteiger partial charge in [-0.1, -0.05) is 0 Å². The van der Waals surface area contributed by atoms with E-state index in [-0.39, 0.29) is 24.4 Å². The maximum atomic E-state index is 12.1. The van der Waals surface area contributed by atoms with Gasteiger partial charge in [-0.15, -0.1) is 12.4 Å². The summed E-state index contributed by atoms with van der Waals surface area (Å²) in [6.45, 7) is 6.58. The highest BCUT2D eigenvalue weighted by Gasteiger charge is 2.11. The number of benzene rings is 1. The number of aromatic nitrogens is 2. The molecule has 2 aromatic rings. The number of carbonyl (C=O) groups excluding carboxylic acids is 1. The minimum absolute atomic E-state index is 0. The topological polar surface area (TPSA) is 58.9 Å². The lowest BCUT2D eigenvalue weighted by molar-refractivity contribution is 0.0950. The van der Waals surface area contributed by atoms with Gasteiger partial charge >= 0.3 is 0 Å². The highest BCUT2D eigenvalue weighted by Crippen LogP contribution is 2.23. The van der Waals surface area contributed by atoms with E-state index in [9.17, 15) is 4.79 Å². The van der Waals surface area contributed by atoms with Crippen LogP contribution in [0.1, 0.15) is 28.7 Å². The number of halogens is 2. The molecule has 1 heterocycles. The van der Waals surface area contributed by atoms with Crippen LogP contribution in [0.5, 0.6) is 0 Å². The predicted molar refractivity (Wildman–Crippen MR) is 98.8 cm³/mol. The first-order valence-corrected chi connectivity index (χ1v) is 8.01. The fourth-order valence-corrected chi connectivity index (χ4v) is 2.33. The number of nitrogens with zero attached hydrogens (tertiary/aromatic N) is 2. The Morgan fingerprint density at radius 3 is 2.39 bits per heavy atom. The molecular formula is C16H22BrClN4O. The summed E-state index contributed by atoms with van der Waals surface area (Å²) in [7, 11) is 1.87. The molecule has 0 spiro atoms. The molecule has 2 N–H and O–H groups in total. The molecule has 1 unspecified atom stereocenters. The smallest absolute Gasteiger partial charge is 0.251 e. The summed E-state index contributed by atoms with van der Waals surface area (Å²) in [5, 5.41) is 10.5. The molecule has 23 heavy (non-hydrogen) atoms. The molecule has 0 saturated carbocycles. The van der Waals surface area contributed by atoms with Crippen molar-refractivity contribution in [3.05, 3.63) is 45.7 Å². The van der Waals surface area contributed by atoms with Gasteiger partial charge in [-0.25, -0.2) is 4.68 Å². The predicted octanol–water partition coefficient (Wildman–Crippen LogP) is 3.01. The fraction of sp³-hybridized carbons (Fsp3) is 0.375. The minimum atomic E-state index is -0.0665. The number of rotatable bonds is 5. The quantitative estimate of drug-likeness (QED) is 0.809. The summed E-state index contributed by atoms with van der Waals surface area (Å²) in [6.07, 6.45) is 0. The van der Waals surface area contributed by atoms with Crippen LogP contribution < -0.4 is 10.6 Å². The first kappa shape index (κ1) is 19.7. The summed E-state index contributed by atoms with van der Waals surface area (Å²) in [6, 6.07) is 7.69. The number of aryl methyl sites for hydroxylation is 1. The van der Waals surface area contributed by atoms with Crippen molar-refractivity contribution in [2.45, 2.75) is 26.8 Å². The molecule has 1 aromatic heterocycles. The molecule has 7 heteroatoms. The third-order valence-electron chi connectivity index (χ3n) is 3.64. The molecular weight excluding hydrogens is 380 g/mol. The molecule has 0 radical (unpaired) electrons. The zero-order valence-corrected chi connectivity index (χ0v) is 16.1. The molecule has 5 nitrogen and oxygen atoms in total. The van der Waals surface area contributed by atoms with Crippen molar-refractivity contribution >= 4 is 34.2 Å². The van der Waals surface area contributed by atoms with Crippen LogP contribution in [-0.2, 0) is 0 Å². The summed E-state index contributed by atoms with van der Waals surface area (Å²) >= 11 is 3.52. The number of amides is 1. The summed E-state index contributed by atoms with van der Waals surface area (Å²) in [4.78, 5) is 12.1. The lowest BCUT2D eigenvalue weighted by Crippen LogP contribution is -2.37. The van der Waals surface area contributed by atoms with Gasteiger partial charge in [0.05, 0.1) is 21.5 Å². The largest absolute Gasteiger partial charge is 0.350 e. The van der Waals surface area contributed by atoms with Crippen molar-refractivity contribution in [2.24, 2.45) is 0 Å². The second-order valence-electron chi connectivity index (χ2n) is 5.34. The first-order chi connectivity index (χ1) is 10.4. The molecule has 126 valence electrons. The SMILES string of the molecule is CNC(C)CNC(=O)c1ccc(-n2nc(C)c(Br)c2C)cc1.Cl. The Morgan fingerprint density at radius 1 is 1.30 bits per heavy atom. The van der Waals surface area contributed by atoms with Gasteiger partial charge < -0.3 is 10.6 Å². The third-order valence-corrected chi connectivity index (χ3v) is 4.79. The number of hydrogen-bond acceptors (Lipinski definition) is 3. The van der Waals surface area contributed by atoms with E-state index in [4.69, 9.17) is 0 Å². The monoisotopic (exact) mass is 400 g/mol. The third kappa shape index (κ3) is 4.56. The number of hydrogen-bond donors (Lipinski definition) is 2. The van der Waals surface area contributed by atoms with Crippen molar-refractivity contribution < 1.29 is 4.79 Å². The Labute approximate surface area is 151 Å². The lowest BCUT2D eigenvalue weighted by atomic mass is 10.2. The van der Waals surface area contributed by atoms with E-state index in [1.54, 1.807) is 0 Å². The number of likely N-dealkylation sites (N-methyl/N-ethyl adjacent to an activating group) is 1. The van der Waals surface area contributed by atoms with Crippen molar-refractivity contribution in [1.82, 2.24) is 20.4 Å². The molecule has 0 fully saturated rings. The van der Waals surface area contributed by atoms with E-state index < -0.39 is 0 Å². The average molecular weight is 402 g/mol. The van der Waals surface area contributed by atoms with Gasteiger partial charge in [-0.3, -0.25) is 4.79 Å². The van der Waals surface area contributed by atoms with Crippen molar-refractivity contribution in [3.63, 3.8) is 0 Å². The lowest BCUT2D eigenvalue weighted by Gasteiger charge is -2.11. The summed E-state index contributed by atoms with van der Waals surface area (Å²) in [5.41, 5.74) is 3.57. The zero-order valence-electron chi connectivity index (χ0n) is 13.7. The molecule has 0 bridgehead atoms. The maximum Gasteiger partial charge on any atom is 0.251 e. The van der Waals surface area contributed by atoms with E-state index in [0.717, 1.165) is 21.5 Å². The van der Waals surface area contributed by atoms with E-state index in [1.165, 1.54) is 0 Å². The van der Waals surface area contributed by atoms with Gasteiger partial charge in [-0.2, -0.15) is 5.10 Å². The number of nitrogens with one attached hydrogen (secondary N) is 2. The van der Waals surface area contributed by atoms with Crippen LogP contribution in [-0.4, -0.2) is 35.3 Å². The van der Waals surface area contributed by atoms with Gasteiger partial charge in [0.15, 0.2) is 0 Å². The van der Waals surface area contributed by atoms with Crippen molar-refractivity contribution in [2.75, 3.05) is 13.6 Å². The number of carbonyl (C=O) groups is 1. The minimum Gasteiger partial charge on any atom is -0.350 e. The van der Waals surface area contributed by atoms with E-state index in [0.29, 0.717) is 12.1 Å². The maximum absolute atomic E-state index is 12.1. The Kier molecular flexibility index (Phi) is 7.25. The Bertz CT molecular complexity index is 669. The Morgan fingerprint density at radius 2 is 1.91 bits per heavy atom. The van der Waals surface area contributed by atoms with Crippen LogP contribution in [0.4, 0.5) is 0 Å². The van der Waals surface area contributed by atoms with Crippen LogP contribution in [0.25, 0.3) is 5.69 Å². The Hall–Kier alpha value is -1.37. The molecule has 2 rings (SSSR count). The van der Waals surface area contributed by atoms with Crippen LogP contribution in [0.15, 0.2) is 28.7 Å². The van der Waals surface area contributed by atoms with Gasteiger partial charge in [-0.05, 0) is 68.0 Å². The molecule has 0 aliphatic heterocycles. The van der Waals surface area contributed by atoms with Crippen LogP contribution in [0.2, 0.25) is 0 Å². The van der Waals surface area contributed by atoms with Gasteiger partial charge in [0, 0.05) is 18.2 Å². The zero-order chi connectivity index (χ0) is 16.3. The standard InChI is InChI=1S/C16H21BrN4O.ClH/c1-10(18-4)9-19-16(22)13-5-7-14(8-6-13)21-12(3)15(17)11(2)20-21;/h5-8,10,18H,9H2,1-4H3,(H,19,22);1H. The van der Waals surface area contributed by atoms with Gasteiger partial charge in [0.25, 0.3) is 5.91 Å². The van der Waals surface area contributed by atoms with Crippen molar-refractivity contribution in [1.29, 1.82) is 0 Å². The van der Waals surface area contributed by atoms with E-state index in [1.807, 2.05) is 56.8 Å². The van der Waals surface area contributed by atoms with Crippen LogP contribution in [0, 0.1) is 13.8 Å².